The maximum absolute atomic E-state index is 9.48. The lowest BCUT2D eigenvalue weighted by Gasteiger charge is -2.31. The third-order valence-corrected chi connectivity index (χ3v) is 5.44. The van der Waals surface area contributed by atoms with E-state index in [9.17, 15) is 5.11 Å². The second-order valence-corrected chi connectivity index (χ2v) is 6.99. The summed E-state index contributed by atoms with van der Waals surface area (Å²) < 4.78 is 5.83. The van der Waals surface area contributed by atoms with E-state index in [4.69, 9.17) is 16.3 Å². The van der Waals surface area contributed by atoms with Crippen LogP contribution in [-0.4, -0.2) is 66.4 Å². The van der Waals surface area contributed by atoms with Crippen LogP contribution in [0.25, 0.3) is 0 Å². The molecule has 2 unspecified atom stereocenters. The van der Waals surface area contributed by atoms with Crippen LogP contribution in [0.4, 0.5) is 0 Å². The van der Waals surface area contributed by atoms with Crippen molar-refractivity contribution < 1.29 is 9.84 Å². The van der Waals surface area contributed by atoms with Gasteiger partial charge in [-0.05, 0) is 50.9 Å². The predicted molar refractivity (Wildman–Crippen MR) is 93.2 cm³/mol. The van der Waals surface area contributed by atoms with E-state index in [1.165, 1.54) is 19.3 Å². The van der Waals surface area contributed by atoms with Crippen LogP contribution in [0.1, 0.15) is 25.7 Å². The van der Waals surface area contributed by atoms with E-state index in [0.717, 1.165) is 38.3 Å². The van der Waals surface area contributed by atoms with Crippen LogP contribution in [0.2, 0.25) is 5.02 Å². The summed E-state index contributed by atoms with van der Waals surface area (Å²) in [6.45, 7) is 5.26. The van der Waals surface area contributed by atoms with Crippen molar-refractivity contribution in [3.63, 3.8) is 0 Å². The molecule has 0 bridgehead atoms. The molecule has 0 amide bonds. The molecule has 128 valence electrons. The Bertz CT molecular complexity index is 500. The Labute approximate surface area is 144 Å². The first-order chi connectivity index (χ1) is 11.3. The molecular weight excluding hydrogens is 312 g/mol. The van der Waals surface area contributed by atoms with E-state index in [1.807, 2.05) is 24.3 Å². The molecule has 1 N–H and O–H groups in total. The highest BCUT2D eigenvalue weighted by Crippen LogP contribution is 2.25. The molecule has 2 fully saturated rings. The standard InChI is InChI=1S/C18H27ClN2O2/c19-17-7-1-2-8-18(17)23-12-11-20-9-3-5-15(20)13-21-10-4-6-16(21)14-22/h1-2,7-8,15-16,22H,3-6,9-14H2. The van der Waals surface area contributed by atoms with E-state index in [1.54, 1.807) is 0 Å². The molecule has 4 nitrogen and oxygen atoms in total. The van der Waals surface area contributed by atoms with Gasteiger partial charge in [0.05, 0.1) is 11.6 Å². The Balaban J connectivity index is 1.46. The minimum atomic E-state index is 0.294. The Morgan fingerprint density at radius 2 is 1.83 bits per heavy atom. The maximum atomic E-state index is 9.48. The van der Waals surface area contributed by atoms with Gasteiger partial charge in [0.2, 0.25) is 0 Å². The molecule has 2 atom stereocenters. The third-order valence-electron chi connectivity index (χ3n) is 5.13. The highest BCUT2D eigenvalue weighted by Gasteiger charge is 2.30. The number of benzene rings is 1. The van der Waals surface area contributed by atoms with Gasteiger partial charge in [0.15, 0.2) is 0 Å². The summed E-state index contributed by atoms with van der Waals surface area (Å²) in [6, 6.07) is 8.60. The van der Waals surface area contributed by atoms with Crippen LogP contribution in [0.3, 0.4) is 0 Å². The lowest BCUT2D eigenvalue weighted by atomic mass is 10.2. The summed E-state index contributed by atoms with van der Waals surface area (Å²) in [5.41, 5.74) is 0. The number of hydrogen-bond acceptors (Lipinski definition) is 4. The molecule has 5 heteroatoms. The van der Waals surface area contributed by atoms with E-state index in [2.05, 4.69) is 9.80 Å². The molecule has 1 aromatic carbocycles. The fourth-order valence-electron chi connectivity index (χ4n) is 3.84. The Hall–Kier alpha value is -0.810. The average molecular weight is 339 g/mol. The zero-order valence-corrected chi connectivity index (χ0v) is 14.4. The second kappa shape index (κ2) is 8.34. The molecule has 0 aliphatic carbocycles. The zero-order chi connectivity index (χ0) is 16.1. The molecule has 2 heterocycles. The van der Waals surface area contributed by atoms with Crippen LogP contribution >= 0.6 is 11.6 Å². The Morgan fingerprint density at radius 1 is 1.09 bits per heavy atom. The first-order valence-electron chi connectivity index (χ1n) is 8.74. The fraction of sp³-hybridized carbons (Fsp3) is 0.667. The van der Waals surface area contributed by atoms with Gasteiger partial charge in [0.1, 0.15) is 12.4 Å². The van der Waals surface area contributed by atoms with Gasteiger partial charge in [-0.2, -0.15) is 0 Å². The van der Waals surface area contributed by atoms with Gasteiger partial charge in [-0.15, -0.1) is 0 Å². The summed E-state index contributed by atoms with van der Waals surface area (Å²) in [5.74, 6) is 0.768. The minimum absolute atomic E-state index is 0.294. The molecule has 2 saturated heterocycles. The second-order valence-electron chi connectivity index (χ2n) is 6.58. The number of para-hydroxylation sites is 1. The average Bonchev–Trinajstić information content (AvgIpc) is 3.19. The van der Waals surface area contributed by atoms with Gasteiger partial charge in [0, 0.05) is 25.2 Å². The summed E-state index contributed by atoms with van der Waals surface area (Å²) in [5, 5.41) is 10.2. The molecule has 3 rings (SSSR count). The Kier molecular flexibility index (Phi) is 6.17. The van der Waals surface area contributed by atoms with Crippen LogP contribution in [0.15, 0.2) is 24.3 Å². The van der Waals surface area contributed by atoms with Crippen molar-refractivity contribution in [3.8, 4) is 5.75 Å². The molecular formula is C18H27ClN2O2. The first-order valence-corrected chi connectivity index (χ1v) is 9.12. The fourth-order valence-corrected chi connectivity index (χ4v) is 4.03. The maximum Gasteiger partial charge on any atom is 0.137 e. The van der Waals surface area contributed by atoms with Crippen LogP contribution in [0, 0.1) is 0 Å². The van der Waals surface area contributed by atoms with Gasteiger partial charge in [-0.1, -0.05) is 23.7 Å². The summed E-state index contributed by atoms with van der Waals surface area (Å²) in [6.07, 6.45) is 4.86. The predicted octanol–water partition coefficient (Wildman–Crippen LogP) is 2.64. The van der Waals surface area contributed by atoms with Crippen molar-refractivity contribution in [1.29, 1.82) is 0 Å². The van der Waals surface area contributed by atoms with Gasteiger partial charge < -0.3 is 9.84 Å². The van der Waals surface area contributed by atoms with Gasteiger partial charge in [0.25, 0.3) is 0 Å². The normalized spacial score (nSPS) is 26.0. The van der Waals surface area contributed by atoms with E-state index in [0.29, 0.717) is 30.3 Å². The molecule has 0 radical (unpaired) electrons. The number of nitrogens with zero attached hydrogens (tertiary/aromatic N) is 2. The molecule has 0 spiro atoms. The van der Waals surface area contributed by atoms with Gasteiger partial charge in [-0.25, -0.2) is 0 Å². The minimum Gasteiger partial charge on any atom is -0.491 e. The third kappa shape index (κ3) is 4.38. The lowest BCUT2D eigenvalue weighted by molar-refractivity contribution is 0.115. The zero-order valence-electron chi connectivity index (χ0n) is 13.7. The molecule has 0 aromatic heterocycles. The van der Waals surface area contributed by atoms with Crippen LogP contribution < -0.4 is 4.74 Å². The van der Waals surface area contributed by atoms with E-state index < -0.39 is 0 Å². The van der Waals surface area contributed by atoms with Crippen molar-refractivity contribution in [2.75, 3.05) is 39.4 Å². The largest absolute Gasteiger partial charge is 0.491 e. The summed E-state index contributed by atoms with van der Waals surface area (Å²) in [4.78, 5) is 5.00. The highest BCUT2D eigenvalue weighted by atomic mass is 35.5. The monoisotopic (exact) mass is 338 g/mol. The number of rotatable bonds is 7. The van der Waals surface area contributed by atoms with Gasteiger partial charge >= 0.3 is 0 Å². The molecule has 2 aliphatic heterocycles. The summed E-state index contributed by atoms with van der Waals surface area (Å²) >= 11 is 6.12. The van der Waals surface area contributed by atoms with Crippen molar-refractivity contribution in [2.45, 2.75) is 37.8 Å². The van der Waals surface area contributed by atoms with Crippen molar-refractivity contribution in [2.24, 2.45) is 0 Å². The lowest BCUT2D eigenvalue weighted by Crippen LogP contribution is -2.44. The van der Waals surface area contributed by atoms with Crippen LogP contribution in [0.5, 0.6) is 5.75 Å². The highest BCUT2D eigenvalue weighted by molar-refractivity contribution is 6.32. The topological polar surface area (TPSA) is 35.9 Å². The number of aliphatic hydroxyl groups is 1. The SMILES string of the molecule is OCC1CCCN1CC1CCCN1CCOc1ccccc1Cl. The number of ether oxygens (including phenoxy) is 1. The number of halogens is 1. The quantitative estimate of drug-likeness (QED) is 0.829. The number of likely N-dealkylation sites (tertiary alicyclic amines) is 2. The first kappa shape index (κ1) is 17.0. The Morgan fingerprint density at radius 3 is 2.61 bits per heavy atom. The van der Waals surface area contributed by atoms with E-state index in [-0.39, 0.29) is 0 Å². The molecule has 2 aliphatic rings. The van der Waals surface area contributed by atoms with E-state index >= 15 is 0 Å². The molecule has 0 saturated carbocycles. The van der Waals surface area contributed by atoms with Crippen LogP contribution in [-0.2, 0) is 0 Å². The molecule has 23 heavy (non-hydrogen) atoms. The van der Waals surface area contributed by atoms with Crippen molar-refractivity contribution in [3.05, 3.63) is 29.3 Å². The summed E-state index contributed by atoms with van der Waals surface area (Å²) in [7, 11) is 0. The van der Waals surface area contributed by atoms with Crippen molar-refractivity contribution >= 4 is 11.6 Å². The number of hydrogen-bond donors (Lipinski definition) is 1. The number of aliphatic hydroxyl groups excluding tert-OH is 1. The van der Waals surface area contributed by atoms with Crippen molar-refractivity contribution in [1.82, 2.24) is 9.80 Å². The van der Waals surface area contributed by atoms with Gasteiger partial charge in [-0.3, -0.25) is 9.80 Å². The molecule has 1 aromatic rings. The smallest absolute Gasteiger partial charge is 0.137 e.